The van der Waals surface area contributed by atoms with Gasteiger partial charge in [-0.2, -0.15) is 0 Å². The van der Waals surface area contributed by atoms with E-state index in [1.807, 2.05) is 19.1 Å². The number of halogens is 2. The molecule has 0 bridgehead atoms. The lowest BCUT2D eigenvalue weighted by molar-refractivity contribution is 0.103. The molecular weight excluding hydrogens is 307 g/mol. The van der Waals surface area contributed by atoms with E-state index < -0.39 is 0 Å². The number of carbonyl (C=O) groups excluding carboxylic acids is 1. The Kier molecular flexibility index (Phi) is 3.75. The van der Waals surface area contributed by atoms with Crippen LogP contribution in [-0.2, 0) is 6.42 Å². The van der Waals surface area contributed by atoms with Gasteiger partial charge >= 0.3 is 0 Å². The minimum Gasteiger partial charge on any atom is -0.461 e. The lowest BCUT2D eigenvalue weighted by Crippen LogP contribution is -2.01. The number of ketones is 1. The molecule has 0 aliphatic heterocycles. The highest BCUT2D eigenvalue weighted by Gasteiger charge is 2.15. The minimum absolute atomic E-state index is 0.168. The van der Waals surface area contributed by atoms with Crippen molar-refractivity contribution in [2.24, 2.45) is 0 Å². The van der Waals surface area contributed by atoms with E-state index in [-0.39, 0.29) is 5.78 Å². The summed E-state index contributed by atoms with van der Waals surface area (Å²) in [7, 11) is 0. The summed E-state index contributed by atoms with van der Waals surface area (Å²) in [5.41, 5.74) is 1.63. The SMILES string of the molecule is CCc1cc2ccc(C(=O)c3cc(Cl)ccc3Cl)cc2o1. The Bertz CT molecular complexity index is 834. The quantitative estimate of drug-likeness (QED) is 0.594. The molecule has 0 radical (unpaired) electrons. The van der Waals surface area contributed by atoms with E-state index >= 15 is 0 Å². The van der Waals surface area contributed by atoms with Crippen molar-refractivity contribution in [2.75, 3.05) is 0 Å². The molecule has 2 aromatic carbocycles. The Morgan fingerprint density at radius 3 is 2.67 bits per heavy atom. The van der Waals surface area contributed by atoms with Gasteiger partial charge in [-0.15, -0.1) is 0 Å². The number of rotatable bonds is 3. The minimum atomic E-state index is -0.168. The van der Waals surface area contributed by atoms with Crippen molar-refractivity contribution in [3.05, 3.63) is 69.4 Å². The highest BCUT2D eigenvalue weighted by atomic mass is 35.5. The first-order valence-electron chi connectivity index (χ1n) is 6.60. The molecule has 0 saturated heterocycles. The van der Waals surface area contributed by atoms with Gasteiger partial charge in [0, 0.05) is 28.0 Å². The predicted octanol–water partition coefficient (Wildman–Crippen LogP) is 5.53. The van der Waals surface area contributed by atoms with Crippen molar-refractivity contribution in [2.45, 2.75) is 13.3 Å². The maximum Gasteiger partial charge on any atom is 0.194 e. The number of fused-ring (bicyclic) bond motifs is 1. The zero-order valence-electron chi connectivity index (χ0n) is 11.3. The summed E-state index contributed by atoms with van der Waals surface area (Å²) in [6.07, 6.45) is 0.818. The lowest BCUT2D eigenvalue weighted by Gasteiger charge is -2.04. The van der Waals surface area contributed by atoms with E-state index in [0.717, 1.165) is 17.6 Å². The number of furan rings is 1. The molecule has 0 fully saturated rings. The molecule has 0 spiro atoms. The van der Waals surface area contributed by atoms with Crippen LogP contribution in [0.25, 0.3) is 11.0 Å². The molecule has 0 aliphatic rings. The number of hydrogen-bond acceptors (Lipinski definition) is 2. The summed E-state index contributed by atoms with van der Waals surface area (Å²) in [5, 5.41) is 1.86. The molecule has 0 aliphatic carbocycles. The Hall–Kier alpha value is -1.77. The van der Waals surface area contributed by atoms with Crippen molar-refractivity contribution in [1.29, 1.82) is 0 Å². The van der Waals surface area contributed by atoms with Crippen LogP contribution in [0.5, 0.6) is 0 Å². The van der Waals surface area contributed by atoms with Gasteiger partial charge in [0.15, 0.2) is 5.78 Å². The first-order valence-corrected chi connectivity index (χ1v) is 7.36. The first-order chi connectivity index (χ1) is 10.1. The van der Waals surface area contributed by atoms with E-state index in [0.29, 0.717) is 26.8 Å². The van der Waals surface area contributed by atoms with Crippen molar-refractivity contribution in [3.63, 3.8) is 0 Å². The molecule has 2 nitrogen and oxygen atoms in total. The third-order valence-corrected chi connectivity index (χ3v) is 3.92. The molecule has 3 rings (SSSR count). The Morgan fingerprint density at radius 1 is 1.10 bits per heavy atom. The third kappa shape index (κ3) is 2.69. The van der Waals surface area contributed by atoms with Crippen molar-refractivity contribution in [1.82, 2.24) is 0 Å². The van der Waals surface area contributed by atoms with E-state index in [1.54, 1.807) is 30.3 Å². The van der Waals surface area contributed by atoms with Gasteiger partial charge in [0.2, 0.25) is 0 Å². The normalized spacial score (nSPS) is 11.0. The number of aryl methyl sites for hydroxylation is 1. The van der Waals surface area contributed by atoms with E-state index in [1.165, 1.54) is 0 Å². The van der Waals surface area contributed by atoms with Gasteiger partial charge in [0.25, 0.3) is 0 Å². The molecule has 3 aromatic rings. The van der Waals surface area contributed by atoms with E-state index in [9.17, 15) is 4.79 Å². The Morgan fingerprint density at radius 2 is 1.90 bits per heavy atom. The van der Waals surface area contributed by atoms with Crippen LogP contribution in [0, 0.1) is 0 Å². The molecule has 0 amide bonds. The summed E-state index contributed by atoms with van der Waals surface area (Å²) >= 11 is 12.0. The monoisotopic (exact) mass is 318 g/mol. The number of hydrogen-bond donors (Lipinski definition) is 0. The molecule has 0 saturated carbocycles. The smallest absolute Gasteiger partial charge is 0.194 e. The molecule has 0 atom stereocenters. The second-order valence-corrected chi connectivity index (χ2v) is 5.62. The van der Waals surface area contributed by atoms with Gasteiger partial charge < -0.3 is 4.42 Å². The molecule has 1 heterocycles. The standard InChI is InChI=1S/C17H12Cl2O2/c1-2-13-7-10-3-4-11(8-16(10)21-13)17(20)14-9-12(18)5-6-15(14)19/h3-9H,2H2,1H3. The molecular formula is C17H12Cl2O2. The maximum absolute atomic E-state index is 12.6. The topological polar surface area (TPSA) is 30.2 Å². The largest absolute Gasteiger partial charge is 0.461 e. The fourth-order valence-electron chi connectivity index (χ4n) is 2.23. The van der Waals surface area contributed by atoms with Crippen LogP contribution >= 0.6 is 23.2 Å². The van der Waals surface area contributed by atoms with Crippen LogP contribution in [0.15, 0.2) is 46.9 Å². The molecule has 21 heavy (non-hydrogen) atoms. The van der Waals surface area contributed by atoms with Crippen LogP contribution in [0.3, 0.4) is 0 Å². The van der Waals surface area contributed by atoms with Gasteiger partial charge in [-0.1, -0.05) is 42.3 Å². The summed E-state index contributed by atoms with van der Waals surface area (Å²) in [6.45, 7) is 2.02. The van der Waals surface area contributed by atoms with Gasteiger partial charge in [0.1, 0.15) is 11.3 Å². The second-order valence-electron chi connectivity index (χ2n) is 4.77. The van der Waals surface area contributed by atoms with Crippen LogP contribution < -0.4 is 0 Å². The van der Waals surface area contributed by atoms with Crippen LogP contribution in [-0.4, -0.2) is 5.78 Å². The average molecular weight is 319 g/mol. The maximum atomic E-state index is 12.6. The molecule has 106 valence electrons. The van der Waals surface area contributed by atoms with E-state index in [2.05, 4.69) is 0 Å². The van der Waals surface area contributed by atoms with Crippen LogP contribution in [0.4, 0.5) is 0 Å². The van der Waals surface area contributed by atoms with E-state index in [4.69, 9.17) is 27.6 Å². The highest BCUT2D eigenvalue weighted by Crippen LogP contribution is 2.26. The number of benzene rings is 2. The Balaban J connectivity index is 2.06. The van der Waals surface area contributed by atoms with Crippen molar-refractivity contribution >= 4 is 40.0 Å². The number of carbonyl (C=O) groups is 1. The van der Waals surface area contributed by atoms with Crippen LogP contribution in [0.2, 0.25) is 10.0 Å². The van der Waals surface area contributed by atoms with Crippen molar-refractivity contribution in [3.8, 4) is 0 Å². The first kappa shape index (κ1) is 14.2. The van der Waals surface area contributed by atoms with Gasteiger partial charge in [-0.05, 0) is 30.3 Å². The summed E-state index contributed by atoms with van der Waals surface area (Å²) in [4.78, 5) is 12.6. The van der Waals surface area contributed by atoms with Gasteiger partial charge in [0.05, 0.1) is 5.02 Å². The van der Waals surface area contributed by atoms with Gasteiger partial charge in [-0.25, -0.2) is 0 Å². The molecule has 4 heteroatoms. The van der Waals surface area contributed by atoms with Gasteiger partial charge in [-0.3, -0.25) is 4.79 Å². The average Bonchev–Trinajstić information content (AvgIpc) is 2.91. The lowest BCUT2D eigenvalue weighted by atomic mass is 10.0. The fraction of sp³-hybridized carbons (Fsp3) is 0.118. The zero-order chi connectivity index (χ0) is 15.0. The van der Waals surface area contributed by atoms with Crippen molar-refractivity contribution < 1.29 is 9.21 Å². The zero-order valence-corrected chi connectivity index (χ0v) is 12.8. The molecule has 0 N–H and O–H groups in total. The fourth-order valence-corrected chi connectivity index (χ4v) is 2.60. The summed E-state index contributed by atoms with van der Waals surface area (Å²) in [6, 6.07) is 12.2. The predicted molar refractivity (Wildman–Crippen MR) is 85.5 cm³/mol. The summed E-state index contributed by atoms with van der Waals surface area (Å²) in [5.74, 6) is 0.731. The third-order valence-electron chi connectivity index (χ3n) is 3.35. The molecule has 0 unspecified atom stereocenters. The second kappa shape index (κ2) is 5.55. The highest BCUT2D eigenvalue weighted by molar-refractivity contribution is 6.36. The van der Waals surface area contributed by atoms with Crippen LogP contribution in [0.1, 0.15) is 28.6 Å². The summed E-state index contributed by atoms with van der Waals surface area (Å²) < 4.78 is 5.69. The molecule has 1 aromatic heterocycles. The Labute approximate surface area is 132 Å².